The second kappa shape index (κ2) is 8.23. The van der Waals surface area contributed by atoms with Crippen molar-refractivity contribution < 1.29 is 4.90 Å². The highest BCUT2D eigenvalue weighted by Gasteiger charge is 2.52. The number of allylic oxidation sites excluding steroid dienone is 3. The normalized spacial score (nSPS) is 35.5. The standard InChI is InChI=1S/C26H41N5/c1-18(12-15-31-17-30(6)24-22(31)23(27)28-16-29-24)10-13-25(4)20(3)11-14-26(5)19(2)8-7-9-21(25)26/h8,12,16,20-21H,7,9-11,13-15,17H2,1-6H3,(H2,27,28,29)/p+1/t20-,21-,25+,26-/m0/s1. The van der Waals surface area contributed by atoms with Crippen LogP contribution in [0.5, 0.6) is 0 Å². The molecule has 1 aromatic heterocycles. The van der Waals surface area contributed by atoms with Gasteiger partial charge in [0, 0.05) is 6.54 Å². The smallest absolute Gasteiger partial charge is 0.256 e. The van der Waals surface area contributed by atoms with Gasteiger partial charge >= 0.3 is 0 Å². The van der Waals surface area contributed by atoms with Gasteiger partial charge in [-0.3, -0.25) is 4.90 Å². The number of hydrogen-bond donors (Lipinski definition) is 2. The van der Waals surface area contributed by atoms with Crippen LogP contribution in [0.1, 0.15) is 73.1 Å². The molecule has 170 valence electrons. The van der Waals surface area contributed by atoms with Gasteiger partial charge < -0.3 is 10.6 Å². The van der Waals surface area contributed by atoms with Crippen LogP contribution in [0.4, 0.5) is 17.3 Å². The number of nitrogens with one attached hydrogen (secondary N) is 1. The highest BCUT2D eigenvalue weighted by atomic mass is 15.4. The predicted octanol–water partition coefficient (Wildman–Crippen LogP) is 4.51. The third-order valence-electron chi connectivity index (χ3n) is 9.31. The van der Waals surface area contributed by atoms with Crippen LogP contribution in [0.25, 0.3) is 0 Å². The van der Waals surface area contributed by atoms with Gasteiger partial charge in [-0.05, 0) is 75.0 Å². The van der Waals surface area contributed by atoms with Crippen LogP contribution < -0.4 is 15.5 Å². The number of rotatable bonds is 5. The van der Waals surface area contributed by atoms with Crippen molar-refractivity contribution in [3.8, 4) is 0 Å². The Balaban J connectivity index is 1.44. The molecule has 2 heterocycles. The molecule has 0 saturated heterocycles. The van der Waals surface area contributed by atoms with Crippen molar-refractivity contribution in [1.82, 2.24) is 9.97 Å². The second-order valence-electron chi connectivity index (χ2n) is 11.0. The Hall–Kier alpha value is -1.88. The molecule has 3 N–H and O–H groups in total. The van der Waals surface area contributed by atoms with Crippen molar-refractivity contribution in [1.29, 1.82) is 0 Å². The van der Waals surface area contributed by atoms with E-state index in [1.54, 1.807) is 11.9 Å². The van der Waals surface area contributed by atoms with E-state index in [4.69, 9.17) is 5.73 Å². The Morgan fingerprint density at radius 1 is 1.32 bits per heavy atom. The molecule has 5 atom stereocenters. The van der Waals surface area contributed by atoms with E-state index in [0.717, 1.165) is 36.6 Å². The van der Waals surface area contributed by atoms with Crippen molar-refractivity contribution in [3.05, 3.63) is 29.6 Å². The summed E-state index contributed by atoms with van der Waals surface area (Å²) >= 11 is 0. The average molecular weight is 425 g/mol. The van der Waals surface area contributed by atoms with Crippen LogP contribution in [0.15, 0.2) is 29.6 Å². The van der Waals surface area contributed by atoms with E-state index >= 15 is 0 Å². The number of fused-ring (bicyclic) bond motifs is 2. The summed E-state index contributed by atoms with van der Waals surface area (Å²) in [6, 6.07) is 0. The van der Waals surface area contributed by atoms with Crippen molar-refractivity contribution >= 4 is 17.3 Å². The maximum absolute atomic E-state index is 6.17. The number of anilines is 2. The molecule has 1 aromatic rings. The zero-order valence-corrected chi connectivity index (χ0v) is 20.5. The van der Waals surface area contributed by atoms with Gasteiger partial charge in [-0.15, -0.1) is 0 Å². The van der Waals surface area contributed by atoms with Crippen LogP contribution in [-0.4, -0.2) is 30.2 Å². The molecule has 31 heavy (non-hydrogen) atoms. The first-order valence-corrected chi connectivity index (χ1v) is 12.2. The van der Waals surface area contributed by atoms with E-state index in [-0.39, 0.29) is 0 Å². The summed E-state index contributed by atoms with van der Waals surface area (Å²) in [6.07, 6.45) is 14.3. The van der Waals surface area contributed by atoms with E-state index in [9.17, 15) is 0 Å². The maximum Gasteiger partial charge on any atom is 0.256 e. The SMILES string of the molecule is CC(=CCN1C[NH+](C)c2ncnc(N)c21)CC[C@]1(C)[C@@H](C)CC[C@@]2(C)C(C)=CCC[C@@H]12. The quantitative estimate of drug-likeness (QED) is 0.683. The number of aromatic nitrogens is 2. The van der Waals surface area contributed by atoms with Crippen molar-refractivity contribution in [2.24, 2.45) is 22.7 Å². The lowest BCUT2D eigenvalue weighted by atomic mass is 9.47. The van der Waals surface area contributed by atoms with Gasteiger partial charge in [-0.2, -0.15) is 4.98 Å². The minimum atomic E-state index is 0.404. The molecular formula is C26H42N5+. The van der Waals surface area contributed by atoms with E-state index in [1.807, 2.05) is 0 Å². The third kappa shape index (κ3) is 3.79. The molecule has 3 aliphatic rings. The van der Waals surface area contributed by atoms with Gasteiger partial charge in [0.25, 0.3) is 5.82 Å². The Kier molecular flexibility index (Phi) is 5.93. The summed E-state index contributed by atoms with van der Waals surface area (Å²) in [5.41, 5.74) is 11.1. The molecule has 1 aliphatic heterocycles. The third-order valence-corrected chi connectivity index (χ3v) is 9.31. The molecule has 0 bridgehead atoms. The fraction of sp³-hybridized carbons (Fsp3) is 0.692. The summed E-state index contributed by atoms with van der Waals surface area (Å²) < 4.78 is 0. The van der Waals surface area contributed by atoms with Crippen LogP contribution in [0, 0.1) is 22.7 Å². The first kappa shape index (κ1) is 22.3. The Morgan fingerprint density at radius 2 is 2.10 bits per heavy atom. The second-order valence-corrected chi connectivity index (χ2v) is 11.0. The number of nitrogens with two attached hydrogens (primary N) is 1. The van der Waals surface area contributed by atoms with Gasteiger partial charge in [0.05, 0.1) is 7.05 Å². The first-order valence-electron chi connectivity index (χ1n) is 12.2. The molecule has 0 aromatic carbocycles. The van der Waals surface area contributed by atoms with Gasteiger partial charge in [-0.25, -0.2) is 4.98 Å². The fourth-order valence-corrected chi connectivity index (χ4v) is 6.78. The molecule has 1 saturated carbocycles. The lowest BCUT2D eigenvalue weighted by Gasteiger charge is -2.58. The molecule has 0 radical (unpaired) electrons. The summed E-state index contributed by atoms with van der Waals surface area (Å²) in [6.45, 7) is 14.1. The average Bonchev–Trinajstić information content (AvgIpc) is 3.07. The van der Waals surface area contributed by atoms with E-state index in [1.165, 1.54) is 49.0 Å². The zero-order chi connectivity index (χ0) is 22.4. The highest BCUT2D eigenvalue weighted by molar-refractivity contribution is 5.73. The van der Waals surface area contributed by atoms with Crippen molar-refractivity contribution in [3.63, 3.8) is 0 Å². The number of quaternary nitrogens is 1. The summed E-state index contributed by atoms with van der Waals surface area (Å²) in [5.74, 6) is 3.21. The van der Waals surface area contributed by atoms with E-state index in [0.29, 0.717) is 16.6 Å². The molecule has 1 unspecified atom stereocenters. The van der Waals surface area contributed by atoms with Crippen molar-refractivity contribution in [2.75, 3.05) is 30.9 Å². The lowest BCUT2D eigenvalue weighted by Crippen LogP contribution is -3.03. The molecule has 5 heteroatoms. The fourth-order valence-electron chi connectivity index (χ4n) is 6.78. The molecular weight excluding hydrogens is 382 g/mol. The minimum Gasteiger partial charge on any atom is -0.382 e. The van der Waals surface area contributed by atoms with E-state index < -0.39 is 0 Å². The Bertz CT molecular complexity index is 890. The monoisotopic (exact) mass is 424 g/mol. The summed E-state index contributed by atoms with van der Waals surface area (Å²) in [4.78, 5) is 12.3. The Labute approximate surface area is 188 Å². The van der Waals surface area contributed by atoms with Gasteiger partial charge in [0.15, 0.2) is 18.2 Å². The summed E-state index contributed by atoms with van der Waals surface area (Å²) in [5, 5.41) is 0. The molecule has 0 amide bonds. The van der Waals surface area contributed by atoms with Gasteiger partial charge in [0.1, 0.15) is 6.33 Å². The van der Waals surface area contributed by atoms with Crippen LogP contribution in [-0.2, 0) is 0 Å². The van der Waals surface area contributed by atoms with Gasteiger partial charge in [-0.1, -0.05) is 44.1 Å². The number of nitrogens with zero attached hydrogens (tertiary/aromatic N) is 3. The first-order chi connectivity index (χ1) is 14.7. The largest absolute Gasteiger partial charge is 0.382 e. The molecule has 0 spiro atoms. The number of hydrogen-bond acceptors (Lipinski definition) is 4. The zero-order valence-electron chi connectivity index (χ0n) is 20.5. The molecule has 1 fully saturated rings. The highest BCUT2D eigenvalue weighted by Crippen LogP contribution is 2.61. The predicted molar refractivity (Wildman–Crippen MR) is 129 cm³/mol. The van der Waals surface area contributed by atoms with E-state index in [2.05, 4.69) is 68.7 Å². The topological polar surface area (TPSA) is 59.5 Å². The molecule has 4 rings (SSSR count). The minimum absolute atomic E-state index is 0.404. The number of nitrogen functional groups attached to an aromatic ring is 1. The van der Waals surface area contributed by atoms with Crippen molar-refractivity contribution in [2.45, 2.75) is 73.1 Å². The Morgan fingerprint density at radius 3 is 2.87 bits per heavy atom. The van der Waals surface area contributed by atoms with Crippen LogP contribution in [0.2, 0.25) is 0 Å². The lowest BCUT2D eigenvalue weighted by molar-refractivity contribution is -0.805. The molecule has 5 nitrogen and oxygen atoms in total. The van der Waals surface area contributed by atoms with Crippen LogP contribution >= 0.6 is 0 Å². The maximum atomic E-state index is 6.17. The summed E-state index contributed by atoms with van der Waals surface area (Å²) in [7, 11) is 2.14. The van der Waals surface area contributed by atoms with Gasteiger partial charge in [0.2, 0.25) is 0 Å². The van der Waals surface area contributed by atoms with Crippen LogP contribution in [0.3, 0.4) is 0 Å². The molecule has 2 aliphatic carbocycles.